The molecule has 1 aromatic rings. The number of halogens is 5. The van der Waals surface area contributed by atoms with Crippen LogP contribution in [0.3, 0.4) is 0 Å². The van der Waals surface area contributed by atoms with E-state index in [0.717, 1.165) is 46.5 Å². The van der Waals surface area contributed by atoms with Crippen LogP contribution < -0.4 is 0.0314 Å². The van der Waals surface area contributed by atoms with Gasteiger partial charge in [0.25, 0.3) is 0 Å². The van der Waals surface area contributed by atoms with Gasteiger partial charge >= 0.3 is 97.6 Å². The Morgan fingerprint density at radius 2 is 0.833 bits per heavy atom. The van der Waals surface area contributed by atoms with Crippen LogP contribution in [0.5, 0.6) is 0 Å². The Balaban J connectivity index is 3.60. The first-order valence-electron chi connectivity index (χ1n) is 2.63. The average molecular weight is 299 g/mol. The SMILES string of the molecule is Fc1c(F)c(F)c([XeH])c(F)c1F. The third-order valence-electron chi connectivity index (χ3n) is 1.16. The van der Waals surface area contributed by atoms with Gasteiger partial charge in [-0.05, 0) is 0 Å². The Labute approximate surface area is 96.5 Å². The second-order valence-electron chi connectivity index (χ2n) is 1.88. The second-order valence-corrected chi connectivity index (χ2v) is 2.96. The van der Waals surface area contributed by atoms with Crippen molar-refractivity contribution >= 4 is 0.0314 Å². The number of hydrogen-bond donors (Lipinski definition) is 0. The van der Waals surface area contributed by atoms with Crippen LogP contribution in [-0.2, 0) is 0 Å². The molecule has 0 N–H and O–H groups in total. The summed E-state index contributed by atoms with van der Waals surface area (Å²) in [5.74, 6) is -9.57. The molecule has 1 rings (SSSR count). The van der Waals surface area contributed by atoms with Gasteiger partial charge in [-0.3, -0.25) is 0 Å². The van der Waals surface area contributed by atoms with E-state index >= 15 is 0 Å². The first-order chi connectivity index (χ1) is 5.46. The third kappa shape index (κ3) is 1.56. The summed E-state index contributed by atoms with van der Waals surface area (Å²) >= 11 is 1.04. The molecule has 0 atom stereocenters. The predicted molar refractivity (Wildman–Crippen MR) is 27.3 cm³/mol. The van der Waals surface area contributed by atoms with Crippen molar-refractivity contribution < 1.29 is 68.5 Å². The first kappa shape index (κ1) is 10.5. The summed E-state index contributed by atoms with van der Waals surface area (Å²) in [5.41, 5.74) is 0. The molecule has 0 aliphatic carbocycles. The zero-order chi connectivity index (χ0) is 9.46. The van der Waals surface area contributed by atoms with Crippen molar-refractivity contribution in [1.82, 2.24) is 0 Å². The van der Waals surface area contributed by atoms with E-state index in [2.05, 4.69) is 0 Å². The molecule has 0 saturated carbocycles. The van der Waals surface area contributed by atoms with Crippen LogP contribution in [0.1, 0.15) is 0 Å². The van der Waals surface area contributed by atoms with E-state index in [1.165, 1.54) is 0 Å². The molecule has 0 unspecified atom stereocenters. The fourth-order valence-corrected chi connectivity index (χ4v) is 1.05. The van der Waals surface area contributed by atoms with Gasteiger partial charge in [0, 0.05) is 0 Å². The van der Waals surface area contributed by atoms with E-state index in [1.807, 2.05) is 0 Å². The molecule has 1 aromatic carbocycles. The van der Waals surface area contributed by atoms with E-state index in [0.29, 0.717) is 0 Å². The van der Waals surface area contributed by atoms with Crippen LogP contribution in [0.2, 0.25) is 0 Å². The van der Waals surface area contributed by atoms with Gasteiger partial charge in [0.05, 0.1) is 0 Å². The number of rotatable bonds is 0. The Kier molecular flexibility index (Phi) is 3.22. The van der Waals surface area contributed by atoms with Gasteiger partial charge in [-0.15, -0.1) is 0 Å². The van der Waals surface area contributed by atoms with Crippen molar-refractivity contribution in [2.75, 3.05) is 0 Å². The number of hydrogen-bond acceptors (Lipinski definition) is 0. The minimum atomic E-state index is -2.13. The van der Waals surface area contributed by atoms with Crippen LogP contribution in [0.4, 0.5) is 22.0 Å². The van der Waals surface area contributed by atoms with Gasteiger partial charge in [0.15, 0.2) is 0 Å². The summed E-state index contributed by atoms with van der Waals surface area (Å²) in [6, 6.07) is 0. The normalized spacial score (nSPS) is 10.6. The quantitative estimate of drug-likeness (QED) is 0.385. The molecule has 0 nitrogen and oxygen atoms in total. The van der Waals surface area contributed by atoms with Gasteiger partial charge in [-0.2, -0.15) is 0 Å². The average Bonchev–Trinajstić information content (AvgIpc) is 2.08. The molecule has 68 valence electrons. The van der Waals surface area contributed by atoms with Gasteiger partial charge in [0.1, 0.15) is 0 Å². The molecule has 0 fully saturated rings. The summed E-state index contributed by atoms with van der Waals surface area (Å²) < 4.78 is 60.6. The summed E-state index contributed by atoms with van der Waals surface area (Å²) in [6.07, 6.45) is 0. The van der Waals surface area contributed by atoms with Crippen molar-refractivity contribution in [3.63, 3.8) is 0 Å². The maximum atomic E-state index is 12.4. The molecule has 6 heteroatoms. The third-order valence-corrected chi connectivity index (χ3v) is 2.10. The van der Waals surface area contributed by atoms with Gasteiger partial charge in [0.2, 0.25) is 0 Å². The van der Waals surface area contributed by atoms with Gasteiger partial charge < -0.3 is 0 Å². The van der Waals surface area contributed by atoms with Crippen LogP contribution >= 0.6 is 0 Å². The fourth-order valence-electron chi connectivity index (χ4n) is 0.578. The molecule has 0 aromatic heterocycles. The van der Waals surface area contributed by atoms with Crippen LogP contribution in [0.15, 0.2) is 0 Å². The molecular weight excluding hydrogens is 298 g/mol. The van der Waals surface area contributed by atoms with Gasteiger partial charge in [-0.25, -0.2) is 0 Å². The van der Waals surface area contributed by atoms with Crippen molar-refractivity contribution in [2.45, 2.75) is 0 Å². The predicted octanol–water partition coefficient (Wildman–Crippen LogP) is 1.29. The Hall–Kier alpha value is 0.441. The zero-order valence-corrected chi connectivity index (χ0v) is 7.43. The Morgan fingerprint density at radius 1 is 0.583 bits per heavy atom. The minimum absolute atomic E-state index is 0.899. The van der Waals surface area contributed by atoms with E-state index < -0.39 is 29.1 Å². The summed E-state index contributed by atoms with van der Waals surface area (Å²) in [5, 5.41) is 0. The van der Waals surface area contributed by atoms with Crippen molar-refractivity contribution in [3.05, 3.63) is 29.1 Å². The molecule has 0 saturated heterocycles. The molecule has 12 heavy (non-hydrogen) atoms. The molecule has 0 spiro atoms. The summed E-state index contributed by atoms with van der Waals surface area (Å²) in [4.78, 5) is 0. The molecular formula is C6HF5Xe. The molecule has 0 amide bonds. The fraction of sp³-hybridized carbons (Fsp3) is 0. The molecule has 0 aliphatic heterocycles. The molecule has 0 heterocycles. The Bertz CT molecular complexity index is 230. The topological polar surface area (TPSA) is 0 Å². The molecule has 0 radical (unpaired) electrons. The zero-order valence-electron chi connectivity index (χ0n) is 5.27. The van der Waals surface area contributed by atoms with Crippen molar-refractivity contribution in [1.29, 1.82) is 0 Å². The van der Waals surface area contributed by atoms with Crippen LogP contribution in [0.25, 0.3) is 0 Å². The summed E-state index contributed by atoms with van der Waals surface area (Å²) in [7, 11) is 0. The van der Waals surface area contributed by atoms with E-state index in [1.54, 1.807) is 0 Å². The monoisotopic (exact) mass is 300 g/mol. The van der Waals surface area contributed by atoms with Crippen LogP contribution in [0, 0.1) is 75.6 Å². The van der Waals surface area contributed by atoms with E-state index in [4.69, 9.17) is 0 Å². The number of benzene rings is 1. The maximum absolute atomic E-state index is 12.4. The van der Waals surface area contributed by atoms with E-state index in [-0.39, 0.29) is 0 Å². The second kappa shape index (κ2) is 3.67. The first-order valence-corrected chi connectivity index (χ1v) is 3.71. The van der Waals surface area contributed by atoms with E-state index in [9.17, 15) is 22.0 Å². The van der Waals surface area contributed by atoms with Crippen LogP contribution in [-0.4, -0.2) is 0 Å². The molecule has 0 aliphatic rings. The van der Waals surface area contributed by atoms with Crippen molar-refractivity contribution in [2.24, 2.45) is 0 Å². The van der Waals surface area contributed by atoms with Crippen molar-refractivity contribution in [3.8, 4) is 0 Å². The molecule has 0 bridgehead atoms. The Morgan fingerprint density at radius 3 is 1.17 bits per heavy atom. The summed E-state index contributed by atoms with van der Waals surface area (Å²) in [6.45, 7) is 0. The standard InChI is InChI=1S/C6HF5Xe/c7-1-2(8)4(10)6(12)5(11)3(1)9/h12H. The van der Waals surface area contributed by atoms with Gasteiger partial charge in [-0.1, -0.05) is 0 Å².